The number of nitrogens with zero attached hydrogens (tertiary/aromatic N) is 3. The van der Waals surface area contributed by atoms with Crippen LogP contribution in [0.4, 0.5) is 18.0 Å². The van der Waals surface area contributed by atoms with Gasteiger partial charge in [-0.3, -0.25) is 9.69 Å². The maximum atomic E-state index is 12.7. The summed E-state index contributed by atoms with van der Waals surface area (Å²) in [4.78, 5) is 43.5. The summed E-state index contributed by atoms with van der Waals surface area (Å²) in [6.07, 6.45) is -3.02. The van der Waals surface area contributed by atoms with Crippen molar-refractivity contribution in [3.63, 3.8) is 0 Å². The van der Waals surface area contributed by atoms with Gasteiger partial charge in [0.15, 0.2) is 12.6 Å². The molecular formula is C19H22F3N3O6. The largest absolute Gasteiger partial charge is 0.468 e. The number of amides is 2. The van der Waals surface area contributed by atoms with Crippen molar-refractivity contribution >= 4 is 18.0 Å². The second-order valence-corrected chi connectivity index (χ2v) is 7.06. The van der Waals surface area contributed by atoms with E-state index in [0.29, 0.717) is 25.9 Å². The molecule has 0 spiro atoms. The molecule has 0 radical (unpaired) electrons. The van der Waals surface area contributed by atoms with Crippen molar-refractivity contribution in [2.45, 2.75) is 38.0 Å². The first-order valence-corrected chi connectivity index (χ1v) is 9.76. The van der Waals surface area contributed by atoms with Crippen LogP contribution in [0.25, 0.3) is 0 Å². The van der Waals surface area contributed by atoms with Crippen LogP contribution in [0.3, 0.4) is 0 Å². The van der Waals surface area contributed by atoms with Crippen molar-refractivity contribution in [3.05, 3.63) is 23.9 Å². The summed E-state index contributed by atoms with van der Waals surface area (Å²) in [5.41, 5.74) is 0.211. The number of cyclic esters (lactones) is 1. The van der Waals surface area contributed by atoms with Gasteiger partial charge in [0, 0.05) is 31.4 Å². The van der Waals surface area contributed by atoms with Gasteiger partial charge < -0.3 is 19.1 Å². The third-order valence-electron chi connectivity index (χ3n) is 4.98. The lowest BCUT2D eigenvalue weighted by molar-refractivity contribution is -0.154. The van der Waals surface area contributed by atoms with E-state index in [4.69, 9.17) is 9.47 Å². The summed E-state index contributed by atoms with van der Waals surface area (Å²) in [5.74, 6) is -1.09. The fourth-order valence-corrected chi connectivity index (χ4v) is 3.53. The van der Waals surface area contributed by atoms with Crippen LogP contribution in [0.1, 0.15) is 30.1 Å². The maximum absolute atomic E-state index is 12.7. The predicted octanol–water partition coefficient (Wildman–Crippen LogP) is 2.01. The Morgan fingerprint density at radius 2 is 1.97 bits per heavy atom. The molecule has 2 aliphatic rings. The van der Waals surface area contributed by atoms with E-state index in [2.05, 4.69) is 9.72 Å². The van der Waals surface area contributed by atoms with Gasteiger partial charge >= 0.3 is 18.2 Å². The zero-order valence-corrected chi connectivity index (χ0v) is 16.8. The Kier molecular flexibility index (Phi) is 6.86. The molecule has 0 aromatic carbocycles. The summed E-state index contributed by atoms with van der Waals surface area (Å²) in [7, 11) is 0. The zero-order chi connectivity index (χ0) is 22.6. The monoisotopic (exact) mass is 445 g/mol. The lowest BCUT2D eigenvalue weighted by Crippen LogP contribution is -2.52. The van der Waals surface area contributed by atoms with E-state index in [1.165, 1.54) is 17.0 Å². The Bertz CT molecular complexity index is 809. The van der Waals surface area contributed by atoms with E-state index in [9.17, 15) is 27.6 Å². The van der Waals surface area contributed by atoms with Gasteiger partial charge in [-0.25, -0.2) is 14.6 Å². The number of pyridine rings is 1. The van der Waals surface area contributed by atoms with Crippen molar-refractivity contribution in [1.82, 2.24) is 14.8 Å². The maximum Gasteiger partial charge on any atom is 0.422 e. The Balaban J connectivity index is 1.56. The highest BCUT2D eigenvalue weighted by molar-refractivity contribution is 5.94. The topological polar surface area (TPSA) is 98.3 Å². The summed E-state index contributed by atoms with van der Waals surface area (Å²) in [6.45, 7) is 0.994. The van der Waals surface area contributed by atoms with Crippen LogP contribution < -0.4 is 4.74 Å². The van der Waals surface area contributed by atoms with Gasteiger partial charge in [-0.2, -0.15) is 13.2 Å². The predicted molar refractivity (Wildman–Crippen MR) is 98.3 cm³/mol. The number of aromatic nitrogens is 1. The highest BCUT2D eigenvalue weighted by Crippen LogP contribution is 2.25. The molecule has 31 heavy (non-hydrogen) atoms. The number of hydrogen-bond acceptors (Lipinski definition) is 7. The second-order valence-electron chi connectivity index (χ2n) is 7.06. The first kappa shape index (κ1) is 22.6. The minimum atomic E-state index is -4.48. The number of carbonyl (C=O) groups excluding carboxylic acids is 3. The van der Waals surface area contributed by atoms with Gasteiger partial charge in [0.2, 0.25) is 5.88 Å². The molecule has 0 saturated carbocycles. The minimum Gasteiger partial charge on any atom is -0.468 e. The Hall–Kier alpha value is -3.05. The van der Waals surface area contributed by atoms with Gasteiger partial charge in [0.25, 0.3) is 5.91 Å². The van der Waals surface area contributed by atoms with Crippen LogP contribution in [0.5, 0.6) is 5.88 Å². The van der Waals surface area contributed by atoms with Gasteiger partial charge in [0.05, 0.1) is 12.2 Å². The average Bonchev–Trinajstić information content (AvgIpc) is 3.13. The molecule has 1 aromatic heterocycles. The molecule has 2 aliphatic heterocycles. The van der Waals surface area contributed by atoms with E-state index in [-0.39, 0.29) is 36.6 Å². The van der Waals surface area contributed by atoms with Crippen molar-refractivity contribution in [3.8, 4) is 5.88 Å². The third-order valence-corrected chi connectivity index (χ3v) is 4.98. The summed E-state index contributed by atoms with van der Waals surface area (Å²) >= 11 is 0. The van der Waals surface area contributed by atoms with E-state index >= 15 is 0 Å². The van der Waals surface area contributed by atoms with Gasteiger partial charge in [-0.1, -0.05) is 0 Å². The fourth-order valence-electron chi connectivity index (χ4n) is 3.53. The Morgan fingerprint density at radius 3 is 2.55 bits per heavy atom. The highest BCUT2D eigenvalue weighted by atomic mass is 19.4. The lowest BCUT2D eigenvalue weighted by Gasteiger charge is -2.37. The highest BCUT2D eigenvalue weighted by Gasteiger charge is 2.44. The number of ether oxygens (including phenoxy) is 3. The number of hydrogen-bond donors (Lipinski definition) is 0. The van der Waals surface area contributed by atoms with Crippen molar-refractivity contribution in [2.24, 2.45) is 0 Å². The molecule has 3 heterocycles. The first-order valence-electron chi connectivity index (χ1n) is 9.76. The Morgan fingerprint density at radius 1 is 1.26 bits per heavy atom. The molecule has 170 valence electrons. The lowest BCUT2D eigenvalue weighted by atomic mass is 10.0. The van der Waals surface area contributed by atoms with Crippen LogP contribution in [-0.4, -0.2) is 83.9 Å². The number of carbonyl (C=O) groups is 3. The van der Waals surface area contributed by atoms with Crippen LogP contribution in [0.2, 0.25) is 0 Å². The number of rotatable bonds is 6. The molecule has 0 bridgehead atoms. The molecule has 2 amide bonds. The second kappa shape index (κ2) is 9.40. The zero-order valence-electron chi connectivity index (χ0n) is 16.8. The summed E-state index contributed by atoms with van der Waals surface area (Å²) in [6, 6.07) is 1.48. The van der Waals surface area contributed by atoms with Crippen LogP contribution in [0, 0.1) is 0 Å². The standard InChI is InChI=1S/C19H22F3N3O6/c1-2-29-17(27)14-10-30-18(28)25(14)13-5-7-24(8-6-13)16(26)12-3-4-15(23-9-12)31-11-19(20,21)22/h3-4,9,13-14H,2,5-8,10-11H2,1H3. The van der Waals surface area contributed by atoms with Crippen LogP contribution >= 0.6 is 0 Å². The van der Waals surface area contributed by atoms with Gasteiger partial charge in [-0.15, -0.1) is 0 Å². The van der Waals surface area contributed by atoms with E-state index in [0.717, 1.165) is 6.20 Å². The molecule has 2 saturated heterocycles. The molecule has 0 N–H and O–H groups in total. The smallest absolute Gasteiger partial charge is 0.422 e. The number of alkyl halides is 3. The molecule has 12 heteroatoms. The fraction of sp³-hybridized carbons (Fsp3) is 0.579. The molecule has 1 atom stereocenters. The summed E-state index contributed by atoms with van der Waals surface area (Å²) < 4.78 is 51.1. The molecule has 1 unspecified atom stereocenters. The SMILES string of the molecule is CCOC(=O)C1COC(=O)N1C1CCN(C(=O)c2ccc(OCC(F)(F)F)nc2)CC1. The molecule has 1 aromatic rings. The normalized spacial score (nSPS) is 19.9. The molecule has 0 aliphatic carbocycles. The quantitative estimate of drug-likeness (QED) is 0.618. The number of halogens is 3. The number of piperidine rings is 1. The van der Waals surface area contributed by atoms with E-state index < -0.39 is 30.9 Å². The summed E-state index contributed by atoms with van der Waals surface area (Å²) in [5, 5.41) is 0. The third kappa shape index (κ3) is 5.56. The average molecular weight is 445 g/mol. The van der Waals surface area contributed by atoms with Crippen LogP contribution in [-0.2, 0) is 14.3 Å². The molecular weight excluding hydrogens is 423 g/mol. The molecule has 2 fully saturated rings. The first-order chi connectivity index (χ1) is 14.7. The van der Waals surface area contributed by atoms with Crippen molar-refractivity contribution in [2.75, 3.05) is 32.9 Å². The number of likely N-dealkylation sites (tertiary alicyclic amines) is 1. The van der Waals surface area contributed by atoms with Gasteiger partial charge in [0.1, 0.15) is 6.61 Å². The van der Waals surface area contributed by atoms with E-state index in [1.807, 2.05) is 0 Å². The van der Waals surface area contributed by atoms with Crippen molar-refractivity contribution < 1.29 is 41.8 Å². The molecule has 3 rings (SSSR count). The van der Waals surface area contributed by atoms with E-state index in [1.54, 1.807) is 11.8 Å². The minimum absolute atomic E-state index is 0.0642. The number of esters is 1. The molecule has 9 nitrogen and oxygen atoms in total. The van der Waals surface area contributed by atoms with Gasteiger partial charge in [-0.05, 0) is 25.8 Å². The van der Waals surface area contributed by atoms with Crippen molar-refractivity contribution in [1.29, 1.82) is 0 Å². The Labute approximate surface area is 176 Å². The van der Waals surface area contributed by atoms with Crippen LogP contribution in [0.15, 0.2) is 18.3 Å².